The maximum atomic E-state index is 14.4. The number of aromatic nitrogens is 1. The topological polar surface area (TPSA) is 536 Å². The van der Waals surface area contributed by atoms with E-state index in [9.17, 15) is 75.4 Å². The third kappa shape index (κ3) is 16.0. The number of aliphatic hydroxyl groups is 1. The molecular formula is C40H45F6N21O10. The summed E-state index contributed by atoms with van der Waals surface area (Å²) in [5, 5.41) is 81.2. The van der Waals surface area contributed by atoms with Crippen molar-refractivity contribution in [3.05, 3.63) is 105 Å². The number of nitrogens with one attached hydrogen (secondary N) is 13. The fourth-order valence-corrected chi connectivity index (χ4v) is 6.66. The zero-order valence-electron chi connectivity index (χ0n) is 38.8. The minimum Gasteiger partial charge on any atom is -0.502 e. The molecule has 0 aliphatic carbocycles. The van der Waals surface area contributed by atoms with Crippen molar-refractivity contribution in [2.45, 2.75) is 55.8 Å². The lowest BCUT2D eigenvalue weighted by atomic mass is 10.0. The van der Waals surface area contributed by atoms with Crippen molar-refractivity contribution < 1.29 is 70.2 Å². The summed E-state index contributed by atoms with van der Waals surface area (Å²) in [4.78, 5) is 95.1. The number of hydrogen-bond acceptors (Lipinski definition) is 16. The van der Waals surface area contributed by atoms with Crippen molar-refractivity contribution in [2.75, 3.05) is 4.90 Å². The van der Waals surface area contributed by atoms with Gasteiger partial charge in [-0.05, 0) is 29.3 Å². The Kier molecular flexibility index (Phi) is 18.8. The lowest BCUT2D eigenvalue weighted by Crippen LogP contribution is -2.68. The normalized spacial score (nSPS) is 13.5. The number of nitrogens with zero attached hydrogens (tertiary/aromatic N) is 3. The Labute approximate surface area is 426 Å². The van der Waals surface area contributed by atoms with Crippen LogP contribution in [0.5, 0.6) is 5.75 Å². The van der Waals surface area contributed by atoms with Gasteiger partial charge in [0.25, 0.3) is 29.5 Å². The zero-order chi connectivity index (χ0) is 57.9. The van der Waals surface area contributed by atoms with E-state index in [0.29, 0.717) is 17.0 Å². The van der Waals surface area contributed by atoms with Crippen LogP contribution in [0.2, 0.25) is 0 Å². The summed E-state index contributed by atoms with van der Waals surface area (Å²) in [5.41, 5.74) is 19.1. The second-order valence-corrected chi connectivity index (χ2v) is 15.6. The molecule has 6 unspecified atom stereocenters. The van der Waals surface area contributed by atoms with Crippen LogP contribution in [0.15, 0.2) is 72.8 Å². The van der Waals surface area contributed by atoms with Gasteiger partial charge in [0, 0.05) is 18.0 Å². The number of nitrogens with two attached hydrogens (primary N) is 5. The second kappa shape index (κ2) is 24.5. The van der Waals surface area contributed by atoms with E-state index in [0.717, 1.165) is 24.3 Å². The summed E-state index contributed by atoms with van der Waals surface area (Å²) >= 11 is 0. The van der Waals surface area contributed by atoms with Crippen LogP contribution in [0.4, 0.5) is 37.7 Å². The van der Waals surface area contributed by atoms with Crippen LogP contribution < -0.4 is 81.4 Å². The maximum absolute atomic E-state index is 14.4. The number of fused-ring (bicyclic) bond motifs is 1. The van der Waals surface area contributed by atoms with Crippen molar-refractivity contribution >= 4 is 81.6 Å². The highest BCUT2D eigenvalue weighted by Gasteiger charge is 2.40. The first-order valence-electron chi connectivity index (χ1n) is 21.1. The van der Waals surface area contributed by atoms with Gasteiger partial charge in [-0.3, -0.25) is 60.5 Å². The predicted octanol–water partition coefficient (Wildman–Crippen LogP) is -3.74. The van der Waals surface area contributed by atoms with Crippen molar-refractivity contribution in [2.24, 2.45) is 28.7 Å². The van der Waals surface area contributed by atoms with E-state index < -0.39 is 159 Å². The van der Waals surface area contributed by atoms with Gasteiger partial charge in [0.15, 0.2) is 54.3 Å². The van der Waals surface area contributed by atoms with Crippen LogP contribution in [-0.4, -0.2) is 110 Å². The number of aromatic hydroxyl groups is 1. The number of aliphatic hydroxyl groups excluding tert-OH is 1. The molecule has 6 amide bonds. The number of halogens is 6. The molecule has 0 aliphatic heterocycles. The first-order valence-corrected chi connectivity index (χ1v) is 21.1. The molecule has 25 N–H and O–H groups in total. The van der Waals surface area contributed by atoms with Crippen LogP contribution in [0, 0.1) is 31.8 Å². The number of primary amides is 1. The van der Waals surface area contributed by atoms with Gasteiger partial charge in [0.2, 0.25) is 12.1 Å². The lowest BCUT2D eigenvalue weighted by molar-refractivity contribution is -0.385. The number of alkyl halides is 6. The molecular weight excluding hydrogens is 1050 g/mol. The molecule has 1 aromatic heterocycles. The van der Waals surface area contributed by atoms with Gasteiger partial charge in [-0.25, -0.2) is 4.98 Å². The van der Waals surface area contributed by atoms with Crippen LogP contribution in [-0.2, 0) is 47.7 Å². The minimum atomic E-state index is -5.49. The summed E-state index contributed by atoms with van der Waals surface area (Å²) in [6.45, 7) is -1.06. The third-order valence-electron chi connectivity index (χ3n) is 9.94. The number of carbonyl (C=O) groups is 6. The summed E-state index contributed by atoms with van der Waals surface area (Å²) in [5.74, 6) is -13.9. The summed E-state index contributed by atoms with van der Waals surface area (Å²) in [6.07, 6.45) is -22.3. The molecule has 3 aromatic carbocycles. The number of nitro benzene ring substituents is 1. The summed E-state index contributed by atoms with van der Waals surface area (Å²) in [7, 11) is 0. The molecule has 0 saturated heterocycles. The van der Waals surface area contributed by atoms with E-state index in [2.05, 4.69) is 10.3 Å². The van der Waals surface area contributed by atoms with Gasteiger partial charge in [-0.15, -0.1) is 0 Å². The van der Waals surface area contributed by atoms with Gasteiger partial charge < -0.3 is 91.6 Å². The van der Waals surface area contributed by atoms with E-state index in [-0.39, 0.29) is 17.2 Å². The highest BCUT2D eigenvalue weighted by Crippen LogP contribution is 2.41. The van der Waals surface area contributed by atoms with Crippen molar-refractivity contribution in [1.82, 2.24) is 52.8 Å². The molecule has 6 atom stereocenters. The highest BCUT2D eigenvalue weighted by atomic mass is 19.4. The molecule has 0 aliphatic rings. The number of phenols is 1. The number of carbonyl (C=O) groups excluding carboxylic acids is 6. The number of hydrogen-bond donors (Lipinski definition) is 20. The summed E-state index contributed by atoms with van der Waals surface area (Å²) in [6, 6.07) is 8.84. The number of nitro groups is 1. The Morgan fingerprint density at radius 1 is 0.623 bits per heavy atom. The number of guanidine groups is 4. The molecule has 0 spiro atoms. The van der Waals surface area contributed by atoms with Crippen molar-refractivity contribution in [3.63, 3.8) is 0 Å². The molecule has 37 heteroatoms. The van der Waals surface area contributed by atoms with E-state index in [4.69, 9.17) is 50.3 Å². The molecule has 77 heavy (non-hydrogen) atoms. The number of phenolic OH excluding ortho intramolecular Hbond substituents is 1. The fourth-order valence-electron chi connectivity index (χ4n) is 6.66. The Hall–Kier alpha value is -10.5. The van der Waals surface area contributed by atoms with E-state index >= 15 is 0 Å². The Balaban J connectivity index is 1.77. The number of para-hydroxylation sites is 1. The Morgan fingerprint density at radius 2 is 1.10 bits per heavy atom. The number of rotatable bonds is 21. The highest BCUT2D eigenvalue weighted by molar-refractivity contribution is 6.01. The Bertz CT molecular complexity index is 2990. The monoisotopic (exact) mass is 1090 g/mol. The van der Waals surface area contributed by atoms with Crippen LogP contribution in [0.25, 0.3) is 10.9 Å². The summed E-state index contributed by atoms with van der Waals surface area (Å²) < 4.78 is 86.2. The smallest absolute Gasteiger partial charge is 0.433 e. The van der Waals surface area contributed by atoms with Crippen LogP contribution in [0.3, 0.4) is 0 Å². The standard InChI is InChI=1S/C40H45F6N21O10/c41-39(42,43)17-8-4-7-16-18(12-21(40(44,45)46)56-23(16)17)66(13-14-9-10-20(68)19(11-14)67(76)77)34(75)33(74)57-22(15-5-2-1-3-6-15)29(70)59-26(63-36(50)51)31(72)61-28(65-38(54)55)32(73)60-27(64-37(52)53)30(71)58-25(24(47)69)62-35(48)49/h1-12,22,25-28,34,68,75H,13H2,(H2,47,69)(H,57,74)(H,58,71)(H,59,70)(H,60,73)(H,61,72)(H4,48,49,62)(H4,50,51,63)(H4,52,53,64)(H4,54,55,65). The van der Waals surface area contributed by atoms with Crippen LogP contribution in [0.1, 0.15) is 28.4 Å². The van der Waals surface area contributed by atoms with E-state index in [1.54, 1.807) is 0 Å². The number of benzene rings is 3. The predicted molar refractivity (Wildman–Crippen MR) is 253 cm³/mol. The molecule has 0 bridgehead atoms. The molecule has 412 valence electrons. The molecule has 0 fully saturated rings. The molecule has 31 nitrogen and oxygen atoms in total. The zero-order valence-corrected chi connectivity index (χ0v) is 38.8. The maximum Gasteiger partial charge on any atom is 0.433 e. The molecule has 4 rings (SSSR count). The third-order valence-corrected chi connectivity index (χ3v) is 9.94. The first kappa shape index (κ1) is 59.1. The van der Waals surface area contributed by atoms with Gasteiger partial charge in [0.05, 0.1) is 21.7 Å². The first-order chi connectivity index (χ1) is 35.8. The van der Waals surface area contributed by atoms with E-state index in [1.807, 2.05) is 42.5 Å². The quantitative estimate of drug-likeness (QED) is 0.00952. The second-order valence-electron chi connectivity index (χ2n) is 15.6. The van der Waals surface area contributed by atoms with Gasteiger partial charge >= 0.3 is 18.0 Å². The van der Waals surface area contributed by atoms with Crippen LogP contribution >= 0.6 is 0 Å². The Morgan fingerprint density at radius 3 is 1.56 bits per heavy atom. The molecule has 0 radical (unpaired) electrons. The van der Waals surface area contributed by atoms with Gasteiger partial charge in [-0.1, -0.05) is 48.5 Å². The van der Waals surface area contributed by atoms with Gasteiger partial charge in [0.1, 0.15) is 11.7 Å². The SMILES string of the molecule is N=C(N)NC(NC(=O)C(NC(=N)N)NC(=O)C(NC(=N)N)NC(=O)C(NC(=N)N)NC(=O)C(NC(=O)C(O)N(Cc1ccc(O)c([N+](=O)[O-])c1)c1cc(C(F)(F)F)nc2c(C(F)(F)F)cccc12)c1ccccc1)C(N)=O. The number of pyridine rings is 1. The minimum absolute atomic E-state index is 0.169. The van der Waals surface area contributed by atoms with Gasteiger partial charge in [-0.2, -0.15) is 26.3 Å². The van der Waals surface area contributed by atoms with Crippen molar-refractivity contribution in [3.8, 4) is 5.75 Å². The fraction of sp³-hybridized carbons (Fsp3) is 0.225. The van der Waals surface area contributed by atoms with E-state index in [1.165, 1.54) is 30.3 Å². The number of anilines is 1. The molecule has 4 aromatic rings. The average Bonchev–Trinajstić information content (AvgIpc) is 3.32. The largest absolute Gasteiger partial charge is 0.502 e. The molecule has 0 saturated carbocycles. The lowest BCUT2D eigenvalue weighted by Gasteiger charge is -2.32. The van der Waals surface area contributed by atoms with Crippen molar-refractivity contribution in [1.29, 1.82) is 21.6 Å². The number of amides is 6. The average molecular weight is 1090 g/mol. The molecule has 1 heterocycles.